The highest BCUT2D eigenvalue weighted by Crippen LogP contribution is 2.22. The Morgan fingerprint density at radius 2 is 1.95 bits per heavy atom. The van der Waals surface area contributed by atoms with E-state index in [0.717, 1.165) is 16.7 Å². The number of hydrogen-bond acceptors (Lipinski definition) is 1. The van der Waals surface area contributed by atoms with E-state index in [1.54, 1.807) is 6.07 Å². The summed E-state index contributed by atoms with van der Waals surface area (Å²) in [6, 6.07) is 14.2. The highest BCUT2D eigenvalue weighted by molar-refractivity contribution is 5.98. The Morgan fingerprint density at radius 1 is 1.11 bits per heavy atom. The standard InChI is InChI=1S/C16H14FNO/c17-14-6-3-4-12(10-14)8-9-18-11-13-5-1-2-7-15(13)16(18)19/h1-7,10H,8-9,11H2. The summed E-state index contributed by atoms with van der Waals surface area (Å²) in [6.45, 7) is 1.28. The second-order valence-corrected chi connectivity index (χ2v) is 4.76. The van der Waals surface area contributed by atoms with Gasteiger partial charge >= 0.3 is 0 Å². The van der Waals surface area contributed by atoms with Gasteiger partial charge in [-0.15, -0.1) is 0 Å². The Balaban J connectivity index is 1.68. The number of carbonyl (C=O) groups excluding carboxylic acids is 1. The number of nitrogens with zero attached hydrogens (tertiary/aromatic N) is 1. The van der Waals surface area contributed by atoms with Crippen molar-refractivity contribution >= 4 is 5.91 Å². The van der Waals surface area contributed by atoms with Crippen molar-refractivity contribution in [2.45, 2.75) is 13.0 Å². The Morgan fingerprint density at radius 3 is 2.74 bits per heavy atom. The molecular formula is C16H14FNO. The molecule has 2 aromatic carbocycles. The van der Waals surface area contributed by atoms with Gasteiger partial charge in [-0.05, 0) is 35.7 Å². The molecule has 0 saturated heterocycles. The lowest BCUT2D eigenvalue weighted by Crippen LogP contribution is -2.26. The van der Waals surface area contributed by atoms with Gasteiger partial charge in [0.1, 0.15) is 5.82 Å². The molecule has 96 valence electrons. The zero-order chi connectivity index (χ0) is 13.2. The molecule has 0 fully saturated rings. The third-order valence-electron chi connectivity index (χ3n) is 3.46. The molecule has 1 aliphatic heterocycles. The van der Waals surface area contributed by atoms with Crippen molar-refractivity contribution in [3.05, 3.63) is 71.0 Å². The van der Waals surface area contributed by atoms with E-state index in [-0.39, 0.29) is 11.7 Å². The molecule has 1 aliphatic rings. The maximum atomic E-state index is 13.1. The zero-order valence-electron chi connectivity index (χ0n) is 10.5. The predicted molar refractivity (Wildman–Crippen MR) is 71.3 cm³/mol. The molecule has 1 heterocycles. The quantitative estimate of drug-likeness (QED) is 0.825. The average Bonchev–Trinajstić information content (AvgIpc) is 2.74. The van der Waals surface area contributed by atoms with Crippen LogP contribution in [-0.2, 0) is 13.0 Å². The van der Waals surface area contributed by atoms with Crippen LogP contribution in [0.3, 0.4) is 0 Å². The van der Waals surface area contributed by atoms with Gasteiger partial charge in [0, 0.05) is 18.7 Å². The van der Waals surface area contributed by atoms with Gasteiger partial charge in [-0.25, -0.2) is 4.39 Å². The van der Waals surface area contributed by atoms with Gasteiger partial charge in [0.25, 0.3) is 5.91 Å². The fourth-order valence-electron chi connectivity index (χ4n) is 2.45. The second kappa shape index (κ2) is 4.84. The van der Waals surface area contributed by atoms with Crippen LogP contribution in [0.2, 0.25) is 0 Å². The van der Waals surface area contributed by atoms with E-state index in [9.17, 15) is 9.18 Å². The summed E-state index contributed by atoms with van der Waals surface area (Å²) in [4.78, 5) is 14.0. The molecule has 0 radical (unpaired) electrons. The molecule has 0 saturated carbocycles. The predicted octanol–water partition coefficient (Wildman–Crippen LogP) is 3.02. The summed E-state index contributed by atoms with van der Waals surface area (Å²) in [5, 5.41) is 0. The first kappa shape index (κ1) is 11.9. The van der Waals surface area contributed by atoms with Crippen LogP contribution in [0, 0.1) is 5.82 Å². The number of fused-ring (bicyclic) bond motifs is 1. The van der Waals surface area contributed by atoms with Crippen molar-refractivity contribution in [1.82, 2.24) is 4.90 Å². The Labute approximate surface area is 111 Å². The topological polar surface area (TPSA) is 20.3 Å². The molecule has 0 atom stereocenters. The Hall–Kier alpha value is -2.16. The lowest BCUT2D eigenvalue weighted by molar-refractivity contribution is 0.0780. The molecule has 19 heavy (non-hydrogen) atoms. The molecule has 0 bridgehead atoms. The summed E-state index contributed by atoms with van der Waals surface area (Å²) >= 11 is 0. The molecule has 2 aromatic rings. The normalized spacial score (nSPS) is 13.7. The number of rotatable bonds is 3. The average molecular weight is 255 g/mol. The number of amides is 1. The van der Waals surface area contributed by atoms with Crippen molar-refractivity contribution in [3.8, 4) is 0 Å². The van der Waals surface area contributed by atoms with E-state index >= 15 is 0 Å². The van der Waals surface area contributed by atoms with Gasteiger partial charge < -0.3 is 4.90 Å². The van der Waals surface area contributed by atoms with Crippen molar-refractivity contribution in [2.24, 2.45) is 0 Å². The molecule has 1 amide bonds. The number of benzene rings is 2. The molecule has 0 spiro atoms. The van der Waals surface area contributed by atoms with E-state index < -0.39 is 0 Å². The van der Waals surface area contributed by atoms with Gasteiger partial charge in [-0.3, -0.25) is 4.79 Å². The summed E-state index contributed by atoms with van der Waals surface area (Å²) in [6.07, 6.45) is 0.678. The largest absolute Gasteiger partial charge is 0.334 e. The van der Waals surface area contributed by atoms with E-state index in [0.29, 0.717) is 19.5 Å². The highest BCUT2D eigenvalue weighted by Gasteiger charge is 2.25. The number of hydrogen-bond donors (Lipinski definition) is 0. The maximum Gasteiger partial charge on any atom is 0.254 e. The first-order chi connectivity index (χ1) is 9.24. The van der Waals surface area contributed by atoms with Gasteiger partial charge in [0.15, 0.2) is 0 Å². The maximum absolute atomic E-state index is 13.1. The molecular weight excluding hydrogens is 241 g/mol. The second-order valence-electron chi connectivity index (χ2n) is 4.76. The molecule has 2 nitrogen and oxygen atoms in total. The lowest BCUT2D eigenvalue weighted by Gasteiger charge is -2.15. The molecule has 0 aromatic heterocycles. The van der Waals surface area contributed by atoms with E-state index in [1.165, 1.54) is 12.1 Å². The van der Waals surface area contributed by atoms with E-state index in [4.69, 9.17) is 0 Å². The molecule has 3 heteroatoms. The minimum absolute atomic E-state index is 0.0759. The first-order valence-electron chi connectivity index (χ1n) is 6.35. The fraction of sp³-hybridized carbons (Fsp3) is 0.188. The third kappa shape index (κ3) is 2.36. The van der Waals surface area contributed by atoms with Crippen LogP contribution in [0.5, 0.6) is 0 Å². The minimum Gasteiger partial charge on any atom is -0.334 e. The van der Waals surface area contributed by atoms with Crippen LogP contribution < -0.4 is 0 Å². The summed E-state index contributed by atoms with van der Waals surface area (Å²) < 4.78 is 13.1. The lowest BCUT2D eigenvalue weighted by atomic mass is 10.1. The van der Waals surface area contributed by atoms with E-state index in [2.05, 4.69) is 0 Å². The Kier molecular flexibility index (Phi) is 3.03. The summed E-state index contributed by atoms with van der Waals surface area (Å²) in [5.41, 5.74) is 2.79. The van der Waals surface area contributed by atoms with Gasteiger partial charge in [-0.1, -0.05) is 30.3 Å². The van der Waals surface area contributed by atoms with Crippen LogP contribution >= 0.6 is 0 Å². The van der Waals surface area contributed by atoms with Gasteiger partial charge in [-0.2, -0.15) is 0 Å². The van der Waals surface area contributed by atoms with Crippen molar-refractivity contribution in [3.63, 3.8) is 0 Å². The van der Waals surface area contributed by atoms with Crippen LogP contribution in [0.15, 0.2) is 48.5 Å². The number of carbonyl (C=O) groups is 1. The van der Waals surface area contributed by atoms with Crippen molar-refractivity contribution in [2.75, 3.05) is 6.54 Å². The highest BCUT2D eigenvalue weighted by atomic mass is 19.1. The fourth-order valence-corrected chi connectivity index (χ4v) is 2.45. The molecule has 0 unspecified atom stereocenters. The number of halogens is 1. The smallest absolute Gasteiger partial charge is 0.254 e. The summed E-state index contributed by atoms with van der Waals surface area (Å²) in [7, 11) is 0. The summed E-state index contributed by atoms with van der Waals surface area (Å²) in [5.74, 6) is -0.152. The van der Waals surface area contributed by atoms with Crippen LogP contribution in [0.25, 0.3) is 0 Å². The van der Waals surface area contributed by atoms with Crippen LogP contribution in [0.1, 0.15) is 21.5 Å². The van der Waals surface area contributed by atoms with Crippen LogP contribution in [-0.4, -0.2) is 17.4 Å². The van der Waals surface area contributed by atoms with E-state index in [1.807, 2.05) is 35.2 Å². The third-order valence-corrected chi connectivity index (χ3v) is 3.46. The SMILES string of the molecule is O=C1c2ccccc2CN1CCc1cccc(F)c1. The van der Waals surface area contributed by atoms with Gasteiger partial charge in [0.05, 0.1) is 0 Å². The minimum atomic E-state index is -0.228. The first-order valence-corrected chi connectivity index (χ1v) is 6.35. The monoisotopic (exact) mass is 255 g/mol. The van der Waals surface area contributed by atoms with Crippen LogP contribution in [0.4, 0.5) is 4.39 Å². The molecule has 3 rings (SSSR count). The van der Waals surface area contributed by atoms with Crippen molar-refractivity contribution < 1.29 is 9.18 Å². The zero-order valence-corrected chi connectivity index (χ0v) is 10.5. The van der Waals surface area contributed by atoms with Crippen molar-refractivity contribution in [1.29, 1.82) is 0 Å². The molecule has 0 N–H and O–H groups in total. The molecule has 0 aliphatic carbocycles. The Bertz CT molecular complexity index is 624. The van der Waals surface area contributed by atoms with Gasteiger partial charge in [0.2, 0.25) is 0 Å².